The molecule has 7 heteroatoms. The third kappa shape index (κ3) is 3.26. The minimum atomic E-state index is -0.958. The molecule has 0 aliphatic carbocycles. The van der Waals surface area contributed by atoms with E-state index in [1.54, 1.807) is 29.6 Å². The van der Waals surface area contributed by atoms with Crippen molar-refractivity contribution in [1.82, 2.24) is 9.97 Å². The summed E-state index contributed by atoms with van der Waals surface area (Å²) >= 11 is 0. The van der Waals surface area contributed by atoms with Gasteiger partial charge in [0.05, 0.1) is 18.3 Å². The summed E-state index contributed by atoms with van der Waals surface area (Å²) in [6.45, 7) is 2.01. The van der Waals surface area contributed by atoms with Gasteiger partial charge in [-0.3, -0.25) is 29.5 Å². The topological polar surface area (TPSA) is 98.4 Å². The Kier molecular flexibility index (Phi) is 4.52. The number of anilines is 1. The number of pyridine rings is 2. The summed E-state index contributed by atoms with van der Waals surface area (Å²) in [5.74, 6) is -1.99. The van der Waals surface area contributed by atoms with Crippen molar-refractivity contribution >= 4 is 17.4 Å². The quantitative estimate of drug-likeness (QED) is 0.828. The van der Waals surface area contributed by atoms with Gasteiger partial charge in [-0.25, -0.2) is 0 Å². The third-order valence-electron chi connectivity index (χ3n) is 3.88. The van der Waals surface area contributed by atoms with Gasteiger partial charge in [0.15, 0.2) is 5.78 Å². The number of fused-ring (bicyclic) bond motifs is 1. The minimum Gasteiger partial charge on any atom is -0.369 e. The van der Waals surface area contributed by atoms with E-state index in [4.69, 9.17) is 10.6 Å². The van der Waals surface area contributed by atoms with Crippen LogP contribution >= 0.6 is 0 Å². The van der Waals surface area contributed by atoms with E-state index >= 15 is 0 Å². The number of nitrogens with zero attached hydrogens (tertiary/aromatic N) is 3. The van der Waals surface area contributed by atoms with Crippen LogP contribution in [-0.2, 0) is 16.1 Å². The molecule has 124 valence electrons. The van der Waals surface area contributed by atoms with Gasteiger partial charge < -0.3 is 5.73 Å². The molecule has 2 unspecified atom stereocenters. The zero-order valence-electron chi connectivity index (χ0n) is 13.3. The molecule has 1 aliphatic heterocycles. The van der Waals surface area contributed by atoms with Gasteiger partial charge in [-0.1, -0.05) is 0 Å². The first-order valence-corrected chi connectivity index (χ1v) is 7.68. The maximum absolute atomic E-state index is 12.3. The Hall–Kier alpha value is -2.80. The zero-order valence-corrected chi connectivity index (χ0v) is 13.3. The Labute approximate surface area is 139 Å². The number of hydrogen-bond acceptors (Lipinski definition) is 6. The van der Waals surface area contributed by atoms with E-state index in [2.05, 4.69) is 9.97 Å². The Bertz CT molecular complexity index is 751. The lowest BCUT2D eigenvalue weighted by molar-refractivity contribution is -0.120. The number of nitrogens with two attached hydrogens (primary N) is 1. The molecule has 2 N–H and O–H groups in total. The van der Waals surface area contributed by atoms with E-state index in [1.165, 1.54) is 6.20 Å². The number of primary amides is 1. The van der Waals surface area contributed by atoms with Crippen LogP contribution in [0.1, 0.15) is 23.0 Å². The van der Waals surface area contributed by atoms with Gasteiger partial charge >= 0.3 is 0 Å². The highest BCUT2D eigenvalue weighted by atomic mass is 16.7. The summed E-state index contributed by atoms with van der Waals surface area (Å²) < 4.78 is 0. The first-order valence-electron chi connectivity index (χ1n) is 7.68. The SMILES string of the molecule is CC(Cc1ccncc1)ON1CC(C(N)=O)C(=O)c2ncccc21. The zero-order chi connectivity index (χ0) is 17.1. The van der Waals surface area contributed by atoms with Gasteiger partial charge in [0.25, 0.3) is 0 Å². The Balaban J connectivity index is 1.80. The van der Waals surface area contributed by atoms with Crippen LogP contribution in [0.15, 0.2) is 42.9 Å². The molecule has 2 atom stereocenters. The first kappa shape index (κ1) is 16.1. The second-order valence-electron chi connectivity index (χ2n) is 5.73. The number of Topliss-reactive ketones (excluding diaryl/α,β-unsaturated/α-hetero) is 1. The molecule has 0 saturated heterocycles. The van der Waals surface area contributed by atoms with E-state index < -0.39 is 11.8 Å². The van der Waals surface area contributed by atoms with Crippen LogP contribution in [0.5, 0.6) is 0 Å². The molecule has 0 aromatic carbocycles. The van der Waals surface area contributed by atoms with Crippen LogP contribution in [0.3, 0.4) is 0 Å². The molecule has 1 aliphatic rings. The average molecular weight is 326 g/mol. The van der Waals surface area contributed by atoms with Crippen molar-refractivity contribution in [3.05, 3.63) is 54.1 Å². The summed E-state index contributed by atoms with van der Waals surface area (Å²) in [6.07, 6.45) is 5.47. The lowest BCUT2D eigenvalue weighted by Gasteiger charge is -2.34. The van der Waals surface area contributed by atoms with Crippen molar-refractivity contribution in [3.8, 4) is 0 Å². The van der Waals surface area contributed by atoms with Crippen LogP contribution < -0.4 is 10.8 Å². The summed E-state index contributed by atoms with van der Waals surface area (Å²) in [4.78, 5) is 37.9. The highest BCUT2D eigenvalue weighted by Gasteiger charge is 2.37. The van der Waals surface area contributed by atoms with Gasteiger partial charge in [-0.05, 0) is 36.8 Å². The number of hydroxylamine groups is 1. The number of hydrogen-bond donors (Lipinski definition) is 1. The van der Waals surface area contributed by atoms with Gasteiger partial charge in [0.1, 0.15) is 11.6 Å². The van der Waals surface area contributed by atoms with E-state index in [1.807, 2.05) is 19.1 Å². The number of ketones is 1. The first-order chi connectivity index (χ1) is 11.6. The van der Waals surface area contributed by atoms with Gasteiger partial charge in [0.2, 0.25) is 5.91 Å². The third-order valence-corrected chi connectivity index (χ3v) is 3.88. The molecular weight excluding hydrogens is 308 g/mol. The Morgan fingerprint density at radius 2 is 2.12 bits per heavy atom. The molecule has 0 fully saturated rings. The van der Waals surface area contributed by atoms with E-state index in [-0.39, 0.29) is 24.1 Å². The Morgan fingerprint density at radius 1 is 1.38 bits per heavy atom. The molecule has 0 saturated carbocycles. The number of rotatable bonds is 5. The molecule has 2 aromatic rings. The van der Waals surface area contributed by atoms with Crippen molar-refractivity contribution in [2.75, 3.05) is 11.6 Å². The van der Waals surface area contributed by atoms with Crippen LogP contribution in [-0.4, -0.2) is 34.3 Å². The fourth-order valence-electron chi connectivity index (χ4n) is 2.72. The van der Waals surface area contributed by atoms with E-state index in [0.717, 1.165) is 5.56 Å². The van der Waals surface area contributed by atoms with Gasteiger partial charge in [-0.15, -0.1) is 0 Å². The molecule has 24 heavy (non-hydrogen) atoms. The lowest BCUT2D eigenvalue weighted by Crippen LogP contribution is -2.46. The lowest BCUT2D eigenvalue weighted by atomic mass is 9.95. The fraction of sp³-hybridized carbons (Fsp3) is 0.294. The van der Waals surface area contributed by atoms with Crippen LogP contribution in [0, 0.1) is 5.92 Å². The largest absolute Gasteiger partial charge is 0.369 e. The van der Waals surface area contributed by atoms with Crippen molar-refractivity contribution in [3.63, 3.8) is 0 Å². The minimum absolute atomic E-state index is 0.0908. The predicted octanol–water partition coefficient (Wildman–Crippen LogP) is 1.14. The fourth-order valence-corrected chi connectivity index (χ4v) is 2.72. The number of carbonyl (C=O) groups is 2. The van der Waals surface area contributed by atoms with E-state index in [9.17, 15) is 9.59 Å². The maximum Gasteiger partial charge on any atom is 0.230 e. The second-order valence-corrected chi connectivity index (χ2v) is 5.73. The summed E-state index contributed by atoms with van der Waals surface area (Å²) in [5.41, 5.74) is 7.21. The molecular formula is C17H18N4O3. The molecule has 0 radical (unpaired) electrons. The Morgan fingerprint density at radius 3 is 2.83 bits per heavy atom. The van der Waals surface area contributed by atoms with Crippen molar-refractivity contribution in [1.29, 1.82) is 0 Å². The van der Waals surface area contributed by atoms with Crippen LogP contribution in [0.25, 0.3) is 0 Å². The highest BCUT2D eigenvalue weighted by Crippen LogP contribution is 2.29. The standard InChI is InChI=1S/C17H18N4O3/c1-11(9-12-4-7-19-8-5-12)24-21-10-13(17(18)23)16(22)15-14(21)3-2-6-20-15/h2-8,11,13H,9-10H2,1H3,(H2,18,23). The molecule has 3 rings (SSSR count). The molecule has 2 aromatic heterocycles. The number of carbonyl (C=O) groups excluding carboxylic acids is 2. The van der Waals surface area contributed by atoms with Gasteiger partial charge in [0, 0.05) is 25.0 Å². The summed E-state index contributed by atoms with van der Waals surface area (Å²) in [7, 11) is 0. The summed E-state index contributed by atoms with van der Waals surface area (Å²) in [5, 5.41) is 1.55. The van der Waals surface area contributed by atoms with Crippen LogP contribution in [0.2, 0.25) is 0 Å². The van der Waals surface area contributed by atoms with Crippen LogP contribution in [0.4, 0.5) is 5.69 Å². The summed E-state index contributed by atoms with van der Waals surface area (Å²) in [6, 6.07) is 7.31. The molecule has 0 bridgehead atoms. The number of aromatic nitrogens is 2. The second kappa shape index (κ2) is 6.76. The predicted molar refractivity (Wildman–Crippen MR) is 87.1 cm³/mol. The van der Waals surface area contributed by atoms with Crippen molar-refractivity contribution < 1.29 is 14.4 Å². The molecule has 1 amide bonds. The van der Waals surface area contributed by atoms with Crippen molar-refractivity contribution in [2.24, 2.45) is 11.7 Å². The monoisotopic (exact) mass is 326 g/mol. The normalized spacial score (nSPS) is 18.1. The molecule has 3 heterocycles. The molecule has 0 spiro atoms. The van der Waals surface area contributed by atoms with E-state index in [0.29, 0.717) is 12.1 Å². The van der Waals surface area contributed by atoms with Gasteiger partial charge in [-0.2, -0.15) is 0 Å². The average Bonchev–Trinajstić information content (AvgIpc) is 2.58. The number of amides is 1. The smallest absolute Gasteiger partial charge is 0.230 e. The maximum atomic E-state index is 12.3. The highest BCUT2D eigenvalue weighted by molar-refractivity contribution is 6.13. The molecule has 7 nitrogen and oxygen atoms in total. The van der Waals surface area contributed by atoms with Crippen molar-refractivity contribution in [2.45, 2.75) is 19.4 Å².